The van der Waals surface area contributed by atoms with Crippen LogP contribution in [0.5, 0.6) is 11.5 Å². The number of fused-ring (bicyclic) bond motifs is 4. The van der Waals surface area contributed by atoms with E-state index >= 15 is 0 Å². The van der Waals surface area contributed by atoms with Crippen molar-refractivity contribution < 1.29 is 19.4 Å². The van der Waals surface area contributed by atoms with Crippen LogP contribution in [0.3, 0.4) is 0 Å². The maximum absolute atomic E-state index is 12.4. The Morgan fingerprint density at radius 1 is 1.19 bits per heavy atom. The Hall–Kier alpha value is -3.03. The van der Waals surface area contributed by atoms with Crippen molar-refractivity contribution >= 4 is 16.8 Å². The summed E-state index contributed by atoms with van der Waals surface area (Å²) >= 11 is 0. The molecule has 3 N–H and O–H groups in total. The molecule has 2 aliphatic heterocycles. The normalized spacial score (nSPS) is 20.6. The smallest absolute Gasteiger partial charge is 0.267 e. The maximum atomic E-state index is 12.4. The number of phenols is 1. The molecular weight excluding hydrogens is 394 g/mol. The number of rotatable bonds is 6. The molecule has 2 atom stereocenters. The zero-order valence-corrected chi connectivity index (χ0v) is 17.3. The number of benzene rings is 2. The van der Waals surface area contributed by atoms with Crippen LogP contribution in [-0.4, -0.2) is 59.8 Å². The van der Waals surface area contributed by atoms with E-state index < -0.39 is 0 Å². The number of nitrogens with one attached hydrogen (secondary N) is 2. The summed E-state index contributed by atoms with van der Waals surface area (Å²) < 4.78 is 12.0. The van der Waals surface area contributed by atoms with Gasteiger partial charge in [0.15, 0.2) is 0 Å². The lowest BCUT2D eigenvalue weighted by Gasteiger charge is -2.44. The van der Waals surface area contributed by atoms with E-state index in [1.54, 1.807) is 18.2 Å². The van der Waals surface area contributed by atoms with Crippen LogP contribution in [-0.2, 0) is 4.74 Å². The quantitative estimate of drug-likeness (QED) is 0.532. The van der Waals surface area contributed by atoms with Gasteiger partial charge in [-0.05, 0) is 49.7 Å². The first-order chi connectivity index (χ1) is 15.2. The molecule has 1 saturated heterocycles. The number of nitrogens with zero attached hydrogens (tertiary/aromatic N) is 1. The molecule has 2 aliphatic rings. The highest BCUT2D eigenvalue weighted by Gasteiger charge is 2.38. The van der Waals surface area contributed by atoms with Crippen LogP contribution in [0, 0.1) is 0 Å². The zero-order valence-electron chi connectivity index (χ0n) is 17.3. The molecule has 1 fully saturated rings. The van der Waals surface area contributed by atoms with Gasteiger partial charge in [0.25, 0.3) is 5.91 Å². The second kappa shape index (κ2) is 8.61. The van der Waals surface area contributed by atoms with E-state index in [1.165, 1.54) is 0 Å². The highest BCUT2D eigenvalue weighted by molar-refractivity contribution is 5.97. The Morgan fingerprint density at radius 2 is 2.10 bits per heavy atom. The van der Waals surface area contributed by atoms with Crippen molar-refractivity contribution in [2.45, 2.75) is 25.0 Å². The minimum Gasteiger partial charge on any atom is -0.508 e. The molecule has 3 heterocycles. The molecule has 0 radical (unpaired) electrons. The van der Waals surface area contributed by atoms with Gasteiger partial charge in [-0.2, -0.15) is 0 Å². The summed E-state index contributed by atoms with van der Waals surface area (Å²) in [5.41, 5.74) is 2.49. The van der Waals surface area contributed by atoms with Gasteiger partial charge in [-0.3, -0.25) is 9.69 Å². The predicted molar refractivity (Wildman–Crippen MR) is 118 cm³/mol. The molecule has 0 saturated carbocycles. The molecule has 5 rings (SSSR count). The molecule has 2 aromatic carbocycles. The van der Waals surface area contributed by atoms with Crippen molar-refractivity contribution in [1.82, 2.24) is 15.2 Å². The summed E-state index contributed by atoms with van der Waals surface area (Å²) in [6.45, 7) is 3.66. The lowest BCUT2D eigenvalue weighted by Crippen LogP contribution is -2.52. The standard InChI is InChI=1S/C24H27N3O4/c28-17-7-8-22-18(14-17)23-21(15-31-22)27(11-12-30-23)10-4-3-9-25-24(29)20-13-16-5-1-2-6-19(16)26-20/h1-2,5-8,13-14,21,23,26,28H,3-4,9-12,15H2,(H,25,29)/t21?,23-/m0/s1. The van der Waals surface area contributed by atoms with E-state index in [4.69, 9.17) is 9.47 Å². The van der Waals surface area contributed by atoms with Crippen LogP contribution in [0.15, 0.2) is 48.5 Å². The summed E-state index contributed by atoms with van der Waals surface area (Å²) in [7, 11) is 0. The molecule has 1 unspecified atom stereocenters. The molecular formula is C24H27N3O4. The van der Waals surface area contributed by atoms with Crippen LogP contribution in [0.25, 0.3) is 10.9 Å². The number of H-pyrrole nitrogens is 1. The first kappa shape index (κ1) is 19.9. The Morgan fingerprint density at radius 3 is 3.00 bits per heavy atom. The number of ether oxygens (including phenoxy) is 2. The van der Waals surface area contributed by atoms with Crippen molar-refractivity contribution in [2.75, 3.05) is 32.8 Å². The van der Waals surface area contributed by atoms with Crippen molar-refractivity contribution in [2.24, 2.45) is 0 Å². The third-order valence-electron chi connectivity index (χ3n) is 6.14. The van der Waals surface area contributed by atoms with Crippen LogP contribution in [0.2, 0.25) is 0 Å². The fourth-order valence-electron chi connectivity index (χ4n) is 4.53. The van der Waals surface area contributed by atoms with Gasteiger partial charge in [0.2, 0.25) is 0 Å². The first-order valence-electron chi connectivity index (χ1n) is 10.9. The number of aromatic hydroxyl groups is 1. The van der Waals surface area contributed by atoms with Crippen molar-refractivity contribution in [3.63, 3.8) is 0 Å². The van der Waals surface area contributed by atoms with Crippen molar-refractivity contribution in [3.05, 3.63) is 59.8 Å². The molecule has 31 heavy (non-hydrogen) atoms. The molecule has 0 bridgehead atoms. The molecule has 1 amide bonds. The van der Waals surface area contributed by atoms with Gasteiger partial charge >= 0.3 is 0 Å². The number of hydrogen-bond acceptors (Lipinski definition) is 5. The van der Waals surface area contributed by atoms with Gasteiger partial charge in [0, 0.05) is 29.6 Å². The number of carbonyl (C=O) groups excluding carboxylic acids is 1. The third-order valence-corrected chi connectivity index (χ3v) is 6.14. The van der Waals surface area contributed by atoms with Crippen LogP contribution in [0.1, 0.15) is 35.0 Å². The average Bonchev–Trinajstić information content (AvgIpc) is 3.23. The summed E-state index contributed by atoms with van der Waals surface area (Å²) in [5, 5.41) is 13.9. The second-order valence-electron chi connectivity index (χ2n) is 8.16. The van der Waals surface area contributed by atoms with E-state index in [2.05, 4.69) is 15.2 Å². The Kier molecular flexibility index (Phi) is 5.53. The summed E-state index contributed by atoms with van der Waals surface area (Å²) in [5.74, 6) is 0.953. The fourth-order valence-corrected chi connectivity index (χ4v) is 4.53. The average molecular weight is 421 g/mol. The van der Waals surface area contributed by atoms with Crippen LogP contribution < -0.4 is 10.1 Å². The summed E-state index contributed by atoms with van der Waals surface area (Å²) in [4.78, 5) is 18.0. The van der Waals surface area contributed by atoms with Gasteiger partial charge in [-0.25, -0.2) is 0 Å². The molecule has 162 valence electrons. The molecule has 7 heteroatoms. The largest absolute Gasteiger partial charge is 0.508 e. The third kappa shape index (κ3) is 4.11. The summed E-state index contributed by atoms with van der Waals surface area (Å²) in [6.07, 6.45) is 1.80. The number of phenolic OH excluding ortho intramolecular Hbond substituents is 1. The van der Waals surface area contributed by atoms with E-state index in [1.807, 2.05) is 30.3 Å². The topological polar surface area (TPSA) is 86.8 Å². The Bertz CT molecular complexity index is 1050. The minimum absolute atomic E-state index is 0.0697. The summed E-state index contributed by atoms with van der Waals surface area (Å²) in [6, 6.07) is 15.1. The number of unbranched alkanes of at least 4 members (excludes halogenated alkanes) is 1. The van der Waals surface area contributed by atoms with E-state index in [0.717, 1.165) is 48.1 Å². The minimum atomic E-state index is -0.0775. The number of carbonyl (C=O) groups is 1. The highest BCUT2D eigenvalue weighted by atomic mass is 16.5. The lowest BCUT2D eigenvalue weighted by molar-refractivity contribution is -0.0960. The number of amides is 1. The van der Waals surface area contributed by atoms with Crippen LogP contribution >= 0.6 is 0 Å². The van der Waals surface area contributed by atoms with Crippen molar-refractivity contribution in [3.8, 4) is 11.5 Å². The fraction of sp³-hybridized carbons (Fsp3) is 0.375. The second-order valence-corrected chi connectivity index (χ2v) is 8.16. The van der Waals surface area contributed by atoms with Gasteiger partial charge < -0.3 is 24.9 Å². The predicted octanol–water partition coefficient (Wildman–Crippen LogP) is 3.22. The molecule has 3 aromatic rings. The SMILES string of the molecule is O=C(NCCCCN1CCO[C@H]2c3cc(O)ccc3OCC21)c1cc2ccccc2[nH]1. The maximum Gasteiger partial charge on any atom is 0.267 e. The lowest BCUT2D eigenvalue weighted by atomic mass is 9.96. The zero-order chi connectivity index (χ0) is 21.2. The molecule has 0 spiro atoms. The monoisotopic (exact) mass is 421 g/mol. The van der Waals surface area contributed by atoms with Gasteiger partial charge in [-0.1, -0.05) is 18.2 Å². The number of aromatic amines is 1. The molecule has 7 nitrogen and oxygen atoms in total. The number of aromatic nitrogens is 1. The molecule has 0 aliphatic carbocycles. The molecule has 1 aromatic heterocycles. The number of hydrogen-bond donors (Lipinski definition) is 3. The van der Waals surface area contributed by atoms with Gasteiger partial charge in [-0.15, -0.1) is 0 Å². The van der Waals surface area contributed by atoms with Gasteiger partial charge in [0.1, 0.15) is 29.9 Å². The van der Waals surface area contributed by atoms with Crippen molar-refractivity contribution in [1.29, 1.82) is 0 Å². The van der Waals surface area contributed by atoms with E-state index in [-0.39, 0.29) is 23.8 Å². The number of para-hydroxylation sites is 1. The van der Waals surface area contributed by atoms with E-state index in [9.17, 15) is 9.90 Å². The van der Waals surface area contributed by atoms with Gasteiger partial charge in [0.05, 0.1) is 12.6 Å². The van der Waals surface area contributed by atoms with Crippen LogP contribution in [0.4, 0.5) is 0 Å². The van der Waals surface area contributed by atoms with E-state index in [0.29, 0.717) is 25.5 Å². The Balaban J connectivity index is 1.11. The number of morpholine rings is 1. The highest BCUT2D eigenvalue weighted by Crippen LogP contribution is 2.40. The Labute approximate surface area is 181 Å². The first-order valence-corrected chi connectivity index (χ1v) is 10.9.